The highest BCUT2D eigenvalue weighted by Crippen LogP contribution is 2.31. The van der Waals surface area contributed by atoms with Crippen LogP contribution in [0.4, 0.5) is 0 Å². The summed E-state index contributed by atoms with van der Waals surface area (Å²) in [6.45, 7) is 0.529. The molecule has 0 saturated heterocycles. The first-order valence-corrected chi connectivity index (χ1v) is 8.35. The molecular formula is C12H11BrN2O3S. The van der Waals surface area contributed by atoms with Gasteiger partial charge in [0, 0.05) is 16.4 Å². The fraction of sp³-hybridized carbons (Fsp3) is 0.250. The number of benzene rings is 1. The fourth-order valence-electron chi connectivity index (χ4n) is 2.51. The summed E-state index contributed by atoms with van der Waals surface area (Å²) in [5.41, 5.74) is 1.58. The van der Waals surface area contributed by atoms with Gasteiger partial charge in [-0.25, -0.2) is 12.4 Å². The zero-order chi connectivity index (χ0) is 13.8. The molecule has 3 rings (SSSR count). The van der Waals surface area contributed by atoms with Crippen LogP contribution in [-0.2, 0) is 16.4 Å². The second-order valence-corrected chi connectivity index (χ2v) is 7.27. The van der Waals surface area contributed by atoms with Gasteiger partial charge in [-0.3, -0.25) is 4.79 Å². The summed E-state index contributed by atoms with van der Waals surface area (Å²) in [5.74, 6) is -0.334. The zero-order valence-corrected chi connectivity index (χ0v) is 12.5. The van der Waals surface area contributed by atoms with Crippen molar-refractivity contribution in [2.24, 2.45) is 0 Å². The smallest absolute Gasteiger partial charge is 0.269 e. The highest BCUT2D eigenvalue weighted by Gasteiger charge is 2.29. The summed E-state index contributed by atoms with van der Waals surface area (Å²) in [4.78, 5) is 12.0. The lowest BCUT2D eigenvalue weighted by atomic mass is 10.0. The molecule has 5 nitrogen and oxygen atoms in total. The number of carbonyl (C=O) groups is 1. The van der Waals surface area contributed by atoms with Gasteiger partial charge >= 0.3 is 0 Å². The molecule has 0 saturated carbocycles. The Kier molecular flexibility index (Phi) is 2.72. The van der Waals surface area contributed by atoms with Crippen LogP contribution >= 0.6 is 15.9 Å². The number of fused-ring (bicyclic) bond motifs is 3. The van der Waals surface area contributed by atoms with Crippen LogP contribution in [-0.4, -0.2) is 31.1 Å². The predicted octanol–water partition coefficient (Wildman–Crippen LogP) is 1.50. The summed E-state index contributed by atoms with van der Waals surface area (Å²) < 4.78 is 26.0. The summed E-state index contributed by atoms with van der Waals surface area (Å²) in [5, 5.41) is 3.50. The highest BCUT2D eigenvalue weighted by molar-refractivity contribution is 9.10. The van der Waals surface area contributed by atoms with Crippen molar-refractivity contribution >= 4 is 42.8 Å². The number of nitrogens with zero attached hydrogens (tertiary/aromatic N) is 1. The first-order valence-electron chi connectivity index (χ1n) is 5.71. The molecule has 1 aromatic carbocycles. The number of nitrogens with one attached hydrogen (secondary N) is 1. The Labute approximate surface area is 118 Å². The third kappa shape index (κ3) is 1.88. The number of rotatable bonds is 1. The quantitative estimate of drug-likeness (QED) is 0.853. The van der Waals surface area contributed by atoms with Crippen molar-refractivity contribution in [3.63, 3.8) is 0 Å². The summed E-state index contributed by atoms with van der Waals surface area (Å²) in [6.07, 6.45) is 1.74. The van der Waals surface area contributed by atoms with Crippen molar-refractivity contribution in [2.45, 2.75) is 6.42 Å². The van der Waals surface area contributed by atoms with Crippen molar-refractivity contribution < 1.29 is 13.2 Å². The average molecular weight is 343 g/mol. The molecule has 0 spiro atoms. The van der Waals surface area contributed by atoms with E-state index in [1.165, 1.54) is 0 Å². The van der Waals surface area contributed by atoms with Gasteiger partial charge < -0.3 is 5.32 Å². The molecule has 7 heteroatoms. The van der Waals surface area contributed by atoms with Gasteiger partial charge in [0.25, 0.3) is 5.91 Å². The van der Waals surface area contributed by atoms with Crippen LogP contribution in [0.15, 0.2) is 22.7 Å². The maximum Gasteiger partial charge on any atom is 0.269 e. The molecule has 0 unspecified atom stereocenters. The monoisotopic (exact) mass is 342 g/mol. The number of aromatic nitrogens is 1. The van der Waals surface area contributed by atoms with E-state index >= 15 is 0 Å². The van der Waals surface area contributed by atoms with E-state index in [2.05, 4.69) is 21.2 Å². The molecule has 2 heterocycles. The van der Waals surface area contributed by atoms with Crippen LogP contribution in [0.25, 0.3) is 10.9 Å². The largest absolute Gasteiger partial charge is 0.350 e. The average Bonchev–Trinajstić information content (AvgIpc) is 2.64. The molecule has 0 aliphatic carbocycles. The number of carbonyl (C=O) groups excluding carboxylic acids is 1. The van der Waals surface area contributed by atoms with Crippen LogP contribution in [0, 0.1) is 0 Å². The van der Waals surface area contributed by atoms with E-state index in [1.54, 1.807) is 12.1 Å². The van der Waals surface area contributed by atoms with Crippen LogP contribution in [0.2, 0.25) is 0 Å². The summed E-state index contributed by atoms with van der Waals surface area (Å²) in [7, 11) is -3.53. The summed E-state index contributed by atoms with van der Waals surface area (Å²) >= 11 is 3.38. The lowest BCUT2D eigenvalue weighted by Gasteiger charge is -2.15. The minimum Gasteiger partial charge on any atom is -0.350 e. The third-order valence-electron chi connectivity index (χ3n) is 3.20. The van der Waals surface area contributed by atoms with Crippen molar-refractivity contribution in [1.82, 2.24) is 9.29 Å². The van der Waals surface area contributed by atoms with Crippen LogP contribution in [0.5, 0.6) is 0 Å². The molecule has 100 valence electrons. The molecule has 1 N–H and O–H groups in total. The van der Waals surface area contributed by atoms with Crippen LogP contribution in [0.3, 0.4) is 0 Å². The number of hydrogen-bond donors (Lipinski definition) is 1. The van der Waals surface area contributed by atoms with Crippen molar-refractivity contribution in [2.75, 3.05) is 12.8 Å². The Hall–Kier alpha value is -1.34. The van der Waals surface area contributed by atoms with Gasteiger partial charge in [0.2, 0.25) is 10.0 Å². The highest BCUT2D eigenvalue weighted by atomic mass is 79.9. The Bertz CT molecular complexity index is 808. The predicted molar refractivity (Wildman–Crippen MR) is 75.9 cm³/mol. The van der Waals surface area contributed by atoms with E-state index < -0.39 is 10.0 Å². The van der Waals surface area contributed by atoms with Gasteiger partial charge in [0.1, 0.15) is 5.69 Å². The molecule has 0 bridgehead atoms. The van der Waals surface area contributed by atoms with Crippen LogP contribution in [0.1, 0.15) is 16.1 Å². The molecule has 0 atom stereocenters. The maximum absolute atomic E-state index is 12.0. The lowest BCUT2D eigenvalue weighted by molar-refractivity contribution is 0.0940. The third-order valence-corrected chi connectivity index (χ3v) is 4.73. The van der Waals surface area contributed by atoms with E-state index in [0.717, 1.165) is 25.7 Å². The second-order valence-electron chi connectivity index (χ2n) is 4.52. The number of hydrogen-bond acceptors (Lipinski definition) is 3. The Balaban J connectivity index is 2.54. The van der Waals surface area contributed by atoms with Crippen molar-refractivity contribution in [1.29, 1.82) is 0 Å². The Morgan fingerprint density at radius 2 is 2.11 bits per heavy atom. The first kappa shape index (κ1) is 12.7. The molecular weight excluding hydrogens is 332 g/mol. The Morgan fingerprint density at radius 1 is 1.37 bits per heavy atom. The van der Waals surface area contributed by atoms with E-state index in [9.17, 15) is 13.2 Å². The minimum absolute atomic E-state index is 0.238. The molecule has 1 aliphatic heterocycles. The molecule has 19 heavy (non-hydrogen) atoms. The van der Waals surface area contributed by atoms with Gasteiger partial charge in [-0.2, -0.15) is 0 Å². The fourth-order valence-corrected chi connectivity index (χ4v) is 3.91. The van der Waals surface area contributed by atoms with Gasteiger partial charge in [-0.1, -0.05) is 15.9 Å². The van der Waals surface area contributed by atoms with Crippen molar-refractivity contribution in [3.8, 4) is 0 Å². The van der Waals surface area contributed by atoms with Gasteiger partial charge in [-0.15, -0.1) is 0 Å². The number of amides is 1. The van der Waals surface area contributed by atoms with E-state index in [0.29, 0.717) is 18.5 Å². The van der Waals surface area contributed by atoms with Gasteiger partial charge in [0.05, 0.1) is 11.8 Å². The SMILES string of the molecule is CS(=O)(=O)n1c2c(c3cc(Br)ccc31)CCNC2=O. The second kappa shape index (κ2) is 4.08. The molecule has 1 aliphatic rings. The molecule has 0 radical (unpaired) electrons. The van der Waals surface area contributed by atoms with E-state index in [1.807, 2.05) is 6.07 Å². The number of halogens is 1. The van der Waals surface area contributed by atoms with E-state index in [4.69, 9.17) is 0 Å². The Morgan fingerprint density at radius 3 is 2.79 bits per heavy atom. The molecule has 1 amide bonds. The molecule has 1 aromatic heterocycles. The summed E-state index contributed by atoms with van der Waals surface area (Å²) in [6, 6.07) is 5.34. The molecule has 2 aromatic rings. The first-order chi connectivity index (χ1) is 8.89. The van der Waals surface area contributed by atoms with Gasteiger partial charge in [0.15, 0.2) is 0 Å². The normalized spacial score (nSPS) is 15.4. The standard InChI is InChI=1S/C12H11BrN2O3S/c1-19(17,18)15-10-3-2-7(13)6-9(10)8-4-5-14-12(16)11(8)15/h2-3,6H,4-5H2,1H3,(H,14,16). The zero-order valence-electron chi connectivity index (χ0n) is 10.1. The lowest BCUT2D eigenvalue weighted by Crippen LogP contribution is -2.34. The van der Waals surface area contributed by atoms with Gasteiger partial charge in [-0.05, 0) is 30.2 Å². The van der Waals surface area contributed by atoms with E-state index in [-0.39, 0.29) is 11.6 Å². The maximum atomic E-state index is 12.0. The molecule has 0 fully saturated rings. The topological polar surface area (TPSA) is 68.2 Å². The minimum atomic E-state index is -3.53. The van der Waals surface area contributed by atoms with Crippen molar-refractivity contribution in [3.05, 3.63) is 33.9 Å². The van der Waals surface area contributed by atoms with Crippen LogP contribution < -0.4 is 5.32 Å².